The Morgan fingerprint density at radius 2 is 2.13 bits per heavy atom. The van der Waals surface area contributed by atoms with Crippen LogP contribution in [0.15, 0.2) is 35.0 Å². The van der Waals surface area contributed by atoms with Crippen LogP contribution in [0.4, 0.5) is 5.82 Å². The Bertz CT molecular complexity index is 423. The van der Waals surface area contributed by atoms with Gasteiger partial charge in [0.1, 0.15) is 23.0 Å². The van der Waals surface area contributed by atoms with Crippen LogP contribution in [0, 0.1) is 22.7 Å². The van der Waals surface area contributed by atoms with Crippen molar-refractivity contribution in [2.75, 3.05) is 11.6 Å². The Morgan fingerprint density at radius 3 is 2.60 bits per heavy atom. The molecule has 15 heavy (non-hydrogen) atoms. The van der Waals surface area contributed by atoms with Crippen LogP contribution in [-0.4, -0.2) is 11.2 Å². The maximum atomic E-state index is 8.70. The molecule has 0 spiro atoms. The van der Waals surface area contributed by atoms with E-state index in [1.54, 1.807) is 24.6 Å². The zero-order chi connectivity index (χ0) is 11.1. The van der Waals surface area contributed by atoms with E-state index in [1.165, 1.54) is 11.8 Å². The molecule has 0 aliphatic rings. The highest BCUT2D eigenvalue weighted by Crippen LogP contribution is 2.18. The normalized spacial score (nSPS) is 8.47. The van der Waals surface area contributed by atoms with Gasteiger partial charge in [-0.15, -0.1) is 11.8 Å². The molecule has 0 fully saturated rings. The molecule has 0 saturated heterocycles. The lowest BCUT2D eigenvalue weighted by molar-refractivity contribution is 1.30. The maximum Gasteiger partial charge on any atom is 0.159 e. The van der Waals surface area contributed by atoms with Gasteiger partial charge in [-0.2, -0.15) is 10.5 Å². The number of nitrogens with one attached hydrogen (secondary N) is 1. The number of aromatic nitrogens is 1. The first-order valence-corrected chi connectivity index (χ1v) is 5.30. The van der Waals surface area contributed by atoms with Crippen LogP contribution in [-0.2, 0) is 0 Å². The molecule has 1 aromatic rings. The molecule has 0 radical (unpaired) electrons. The predicted molar refractivity (Wildman–Crippen MR) is 59.6 cm³/mol. The summed E-state index contributed by atoms with van der Waals surface area (Å²) in [6.07, 6.45) is 3.43. The molecule has 0 amide bonds. The standard InChI is InChI=1S/C10H8N4S/c1-15-10(8(6-11)7-12)14-9-4-2-3-5-13-9/h2-5H,1H3,(H,13,14). The Balaban J connectivity index is 2.95. The Morgan fingerprint density at radius 1 is 1.40 bits per heavy atom. The summed E-state index contributed by atoms with van der Waals surface area (Å²) in [5.74, 6) is 0.616. The number of hydrogen-bond donors (Lipinski definition) is 1. The third-order valence-corrected chi connectivity index (χ3v) is 2.28. The van der Waals surface area contributed by atoms with Crippen LogP contribution in [0.5, 0.6) is 0 Å². The molecule has 4 nitrogen and oxygen atoms in total. The van der Waals surface area contributed by atoms with E-state index < -0.39 is 0 Å². The molecule has 1 aromatic heterocycles. The third kappa shape index (κ3) is 3.01. The van der Waals surface area contributed by atoms with Gasteiger partial charge in [-0.25, -0.2) is 4.98 Å². The molecule has 0 bridgehead atoms. The van der Waals surface area contributed by atoms with E-state index in [0.717, 1.165) is 0 Å². The monoisotopic (exact) mass is 216 g/mol. The number of nitriles is 2. The number of nitrogens with zero attached hydrogens (tertiary/aromatic N) is 3. The van der Waals surface area contributed by atoms with Gasteiger partial charge < -0.3 is 5.32 Å². The van der Waals surface area contributed by atoms with Crippen molar-refractivity contribution in [3.8, 4) is 12.1 Å². The van der Waals surface area contributed by atoms with Gasteiger partial charge in [-0.1, -0.05) is 6.07 Å². The fourth-order valence-electron chi connectivity index (χ4n) is 0.895. The minimum absolute atomic E-state index is 0.0631. The van der Waals surface area contributed by atoms with Crippen molar-refractivity contribution in [3.05, 3.63) is 35.0 Å². The lowest BCUT2D eigenvalue weighted by Crippen LogP contribution is -2.00. The van der Waals surface area contributed by atoms with E-state index in [4.69, 9.17) is 10.5 Å². The van der Waals surface area contributed by atoms with Gasteiger partial charge >= 0.3 is 0 Å². The van der Waals surface area contributed by atoms with Gasteiger partial charge in [-0.05, 0) is 18.4 Å². The number of thioether (sulfide) groups is 1. The van der Waals surface area contributed by atoms with Crippen LogP contribution >= 0.6 is 11.8 Å². The maximum absolute atomic E-state index is 8.70. The second-order valence-corrected chi connectivity index (χ2v) is 3.29. The summed E-state index contributed by atoms with van der Waals surface area (Å²) in [7, 11) is 0. The number of allylic oxidation sites excluding steroid dienone is 1. The lowest BCUT2D eigenvalue weighted by atomic mass is 10.3. The first-order chi connectivity index (χ1) is 7.31. The molecule has 74 valence electrons. The van der Waals surface area contributed by atoms with E-state index >= 15 is 0 Å². The van der Waals surface area contributed by atoms with Gasteiger partial charge in [0.15, 0.2) is 5.57 Å². The van der Waals surface area contributed by atoms with Crippen LogP contribution < -0.4 is 5.32 Å². The van der Waals surface area contributed by atoms with E-state index in [2.05, 4.69) is 10.3 Å². The molecular weight excluding hydrogens is 208 g/mol. The van der Waals surface area contributed by atoms with Crippen molar-refractivity contribution in [1.29, 1.82) is 10.5 Å². The summed E-state index contributed by atoms with van der Waals surface area (Å²) in [4.78, 5) is 4.04. The van der Waals surface area contributed by atoms with Crippen LogP contribution in [0.2, 0.25) is 0 Å². The molecule has 1 heterocycles. The molecule has 0 saturated carbocycles. The molecule has 0 aliphatic heterocycles. The molecule has 1 N–H and O–H groups in total. The van der Waals surface area contributed by atoms with Gasteiger partial charge in [0.25, 0.3) is 0 Å². The second-order valence-electron chi connectivity index (χ2n) is 2.47. The summed E-state index contributed by atoms with van der Waals surface area (Å²) in [6, 6.07) is 9.05. The molecule has 0 unspecified atom stereocenters. The van der Waals surface area contributed by atoms with Crippen molar-refractivity contribution in [2.24, 2.45) is 0 Å². The SMILES string of the molecule is CSC(Nc1ccccn1)=C(C#N)C#N. The molecular formula is C10H8N4S. The van der Waals surface area contributed by atoms with Crippen LogP contribution in [0.25, 0.3) is 0 Å². The number of rotatable bonds is 3. The van der Waals surface area contributed by atoms with Gasteiger partial charge in [-0.3, -0.25) is 0 Å². The number of hydrogen-bond acceptors (Lipinski definition) is 5. The Kier molecular flexibility index (Phi) is 4.21. The summed E-state index contributed by atoms with van der Waals surface area (Å²) in [5.41, 5.74) is 0.0631. The van der Waals surface area contributed by atoms with Gasteiger partial charge in [0, 0.05) is 6.20 Å². The molecule has 0 aliphatic carbocycles. The van der Waals surface area contributed by atoms with Crippen molar-refractivity contribution >= 4 is 17.6 Å². The van der Waals surface area contributed by atoms with Crippen molar-refractivity contribution in [2.45, 2.75) is 0 Å². The highest BCUT2D eigenvalue weighted by molar-refractivity contribution is 8.02. The lowest BCUT2D eigenvalue weighted by Gasteiger charge is -2.06. The highest BCUT2D eigenvalue weighted by atomic mass is 32.2. The van der Waals surface area contributed by atoms with Gasteiger partial charge in [0.05, 0.1) is 0 Å². The predicted octanol–water partition coefficient (Wildman–Crippen LogP) is 2.12. The fourth-order valence-corrected chi connectivity index (χ4v) is 1.40. The Hall–Kier alpha value is -1.98. The van der Waals surface area contributed by atoms with E-state index in [0.29, 0.717) is 10.8 Å². The van der Waals surface area contributed by atoms with Crippen LogP contribution in [0.1, 0.15) is 0 Å². The van der Waals surface area contributed by atoms with Crippen molar-refractivity contribution in [1.82, 2.24) is 4.98 Å². The summed E-state index contributed by atoms with van der Waals surface area (Å²) >= 11 is 1.31. The van der Waals surface area contributed by atoms with E-state index in [9.17, 15) is 0 Å². The van der Waals surface area contributed by atoms with E-state index in [1.807, 2.05) is 18.2 Å². The number of anilines is 1. The molecule has 0 atom stereocenters. The number of pyridine rings is 1. The second kappa shape index (κ2) is 5.69. The summed E-state index contributed by atoms with van der Waals surface area (Å²) in [5, 5.41) is 20.8. The first-order valence-electron chi connectivity index (χ1n) is 4.08. The zero-order valence-electron chi connectivity index (χ0n) is 8.06. The third-order valence-electron chi connectivity index (χ3n) is 1.56. The van der Waals surface area contributed by atoms with E-state index in [-0.39, 0.29) is 5.57 Å². The first kappa shape index (κ1) is 11.1. The van der Waals surface area contributed by atoms with Crippen LogP contribution in [0.3, 0.4) is 0 Å². The quantitative estimate of drug-likeness (QED) is 0.783. The average molecular weight is 216 g/mol. The largest absolute Gasteiger partial charge is 0.333 e. The molecule has 1 rings (SSSR count). The zero-order valence-corrected chi connectivity index (χ0v) is 8.88. The fraction of sp³-hybridized carbons (Fsp3) is 0.100. The van der Waals surface area contributed by atoms with Crippen molar-refractivity contribution in [3.63, 3.8) is 0 Å². The highest BCUT2D eigenvalue weighted by Gasteiger charge is 2.05. The van der Waals surface area contributed by atoms with Crippen molar-refractivity contribution < 1.29 is 0 Å². The average Bonchev–Trinajstić information content (AvgIpc) is 2.30. The smallest absolute Gasteiger partial charge is 0.159 e. The minimum atomic E-state index is 0.0631. The summed E-state index contributed by atoms with van der Waals surface area (Å²) in [6.45, 7) is 0. The Labute approximate surface area is 92.2 Å². The molecule has 5 heteroatoms. The van der Waals surface area contributed by atoms with Gasteiger partial charge in [0.2, 0.25) is 0 Å². The molecule has 0 aromatic carbocycles. The minimum Gasteiger partial charge on any atom is -0.333 e. The topological polar surface area (TPSA) is 72.5 Å². The summed E-state index contributed by atoms with van der Waals surface area (Å²) < 4.78 is 0.